The lowest BCUT2D eigenvalue weighted by Crippen LogP contribution is -2.36. The van der Waals surface area contributed by atoms with Gasteiger partial charge in [-0.05, 0) is 50.3 Å². The smallest absolute Gasteiger partial charge is 0.336 e. The van der Waals surface area contributed by atoms with Gasteiger partial charge in [0.1, 0.15) is 11.3 Å². The number of ether oxygens (including phenoxy) is 1. The van der Waals surface area contributed by atoms with E-state index in [0.29, 0.717) is 30.7 Å². The minimum absolute atomic E-state index is 0.145. The summed E-state index contributed by atoms with van der Waals surface area (Å²) in [6, 6.07) is 6.80. The van der Waals surface area contributed by atoms with Crippen molar-refractivity contribution in [2.45, 2.75) is 64.9 Å². The molecule has 1 heterocycles. The molecule has 158 valence electrons. The number of hydrogen-bond donors (Lipinski definition) is 2. The summed E-state index contributed by atoms with van der Waals surface area (Å²) in [4.78, 5) is 34.5. The van der Waals surface area contributed by atoms with E-state index in [1.807, 2.05) is 6.07 Å². The summed E-state index contributed by atoms with van der Waals surface area (Å²) in [6.07, 6.45) is 4.33. The zero-order valence-corrected chi connectivity index (χ0v) is 17.0. The molecule has 0 radical (unpaired) electrons. The van der Waals surface area contributed by atoms with E-state index in [9.17, 15) is 14.4 Å². The molecular weight excluding hydrogens is 374 g/mol. The highest BCUT2D eigenvalue weighted by molar-refractivity contribution is 5.83. The average molecular weight is 403 g/mol. The number of rotatable bonds is 12. The van der Waals surface area contributed by atoms with E-state index in [1.54, 1.807) is 19.1 Å². The van der Waals surface area contributed by atoms with Gasteiger partial charge in [0.2, 0.25) is 0 Å². The van der Waals surface area contributed by atoms with Gasteiger partial charge in [-0.25, -0.2) is 4.79 Å². The third-order valence-corrected chi connectivity index (χ3v) is 4.65. The van der Waals surface area contributed by atoms with Crippen molar-refractivity contribution in [2.24, 2.45) is 0 Å². The Kier molecular flexibility index (Phi) is 8.70. The van der Waals surface area contributed by atoms with Crippen molar-refractivity contribution in [3.05, 3.63) is 40.2 Å². The molecule has 2 rings (SSSR count). The van der Waals surface area contributed by atoms with Gasteiger partial charge in [0.05, 0.1) is 0 Å². The highest BCUT2D eigenvalue weighted by Gasteiger charge is 2.15. The van der Waals surface area contributed by atoms with Gasteiger partial charge in [-0.1, -0.05) is 19.8 Å². The molecule has 0 saturated carbocycles. The zero-order chi connectivity index (χ0) is 21.2. The van der Waals surface area contributed by atoms with Crippen molar-refractivity contribution in [2.75, 3.05) is 6.54 Å². The fraction of sp³-hybridized carbons (Fsp3) is 0.500. The summed E-state index contributed by atoms with van der Waals surface area (Å²) in [5, 5.41) is 12.3. The van der Waals surface area contributed by atoms with Crippen molar-refractivity contribution in [3.63, 3.8) is 0 Å². The number of aryl methyl sites for hydroxylation is 1. The van der Waals surface area contributed by atoms with Crippen molar-refractivity contribution >= 4 is 22.8 Å². The predicted molar refractivity (Wildman–Crippen MR) is 110 cm³/mol. The molecule has 1 aromatic heterocycles. The van der Waals surface area contributed by atoms with Gasteiger partial charge in [-0.2, -0.15) is 0 Å². The Labute approximate surface area is 170 Å². The van der Waals surface area contributed by atoms with Crippen LogP contribution in [0.3, 0.4) is 0 Å². The lowest BCUT2D eigenvalue weighted by atomic mass is 10.0. The van der Waals surface area contributed by atoms with Crippen LogP contribution in [0.1, 0.15) is 57.9 Å². The SMILES string of the molecule is CCCCc1cc(=O)oc2cc(OC(C)C(=O)NCCCCCC(=O)O)ccc12. The third kappa shape index (κ3) is 7.25. The maximum atomic E-state index is 12.2. The number of carbonyl (C=O) groups is 2. The first-order valence-corrected chi connectivity index (χ1v) is 10.1. The van der Waals surface area contributed by atoms with Gasteiger partial charge < -0.3 is 19.6 Å². The summed E-state index contributed by atoms with van der Waals surface area (Å²) in [7, 11) is 0. The van der Waals surface area contributed by atoms with E-state index < -0.39 is 17.7 Å². The normalized spacial score (nSPS) is 11.9. The Morgan fingerprint density at radius 2 is 1.97 bits per heavy atom. The molecule has 2 N–H and O–H groups in total. The molecule has 0 spiro atoms. The van der Waals surface area contributed by atoms with Gasteiger partial charge >= 0.3 is 11.6 Å². The molecule has 0 bridgehead atoms. The number of benzene rings is 1. The molecule has 29 heavy (non-hydrogen) atoms. The van der Waals surface area contributed by atoms with Crippen molar-refractivity contribution < 1.29 is 23.8 Å². The predicted octanol–water partition coefficient (Wildman–Crippen LogP) is 3.66. The van der Waals surface area contributed by atoms with E-state index in [4.69, 9.17) is 14.3 Å². The van der Waals surface area contributed by atoms with Gasteiger partial charge in [-0.15, -0.1) is 0 Å². The molecule has 7 heteroatoms. The van der Waals surface area contributed by atoms with Gasteiger partial charge in [0, 0.05) is 30.5 Å². The Hall–Kier alpha value is -2.83. The van der Waals surface area contributed by atoms with Gasteiger partial charge in [-0.3, -0.25) is 9.59 Å². The Balaban J connectivity index is 1.92. The Morgan fingerprint density at radius 3 is 2.69 bits per heavy atom. The van der Waals surface area contributed by atoms with Crippen LogP contribution in [0.15, 0.2) is 33.5 Å². The fourth-order valence-electron chi connectivity index (χ4n) is 3.05. The number of hydrogen-bond acceptors (Lipinski definition) is 5. The lowest BCUT2D eigenvalue weighted by Gasteiger charge is -2.15. The number of nitrogens with one attached hydrogen (secondary N) is 1. The largest absolute Gasteiger partial charge is 0.481 e. The molecular formula is C22H29NO6. The van der Waals surface area contributed by atoms with E-state index in [2.05, 4.69) is 12.2 Å². The molecule has 0 fully saturated rings. The molecule has 0 aliphatic carbocycles. The average Bonchev–Trinajstić information content (AvgIpc) is 2.67. The molecule has 0 aliphatic rings. The number of carboxylic acids is 1. The lowest BCUT2D eigenvalue weighted by molar-refractivity contribution is -0.137. The number of amides is 1. The second kappa shape index (κ2) is 11.2. The monoisotopic (exact) mass is 403 g/mol. The van der Waals surface area contributed by atoms with E-state index >= 15 is 0 Å². The summed E-state index contributed by atoms with van der Waals surface area (Å²) >= 11 is 0. The summed E-state index contributed by atoms with van der Waals surface area (Å²) in [5.41, 5.74) is 1.01. The van der Waals surface area contributed by atoms with Crippen LogP contribution in [0.4, 0.5) is 0 Å². The number of aliphatic carboxylic acids is 1. The van der Waals surface area contributed by atoms with E-state index in [1.165, 1.54) is 6.07 Å². The van der Waals surface area contributed by atoms with Gasteiger partial charge in [0.15, 0.2) is 6.10 Å². The van der Waals surface area contributed by atoms with Crippen LogP contribution in [-0.2, 0) is 16.0 Å². The summed E-state index contributed by atoms with van der Waals surface area (Å²) in [6.45, 7) is 4.22. The molecule has 2 aromatic rings. The second-order valence-electron chi connectivity index (χ2n) is 7.11. The van der Waals surface area contributed by atoms with Crippen LogP contribution in [0.25, 0.3) is 11.0 Å². The zero-order valence-electron chi connectivity index (χ0n) is 17.0. The quantitative estimate of drug-likeness (QED) is 0.414. The number of fused-ring (bicyclic) bond motifs is 1. The summed E-state index contributed by atoms with van der Waals surface area (Å²) < 4.78 is 11.0. The van der Waals surface area contributed by atoms with Gasteiger partial charge in [0.25, 0.3) is 5.91 Å². The molecule has 1 atom stereocenters. The van der Waals surface area contributed by atoms with Crippen molar-refractivity contribution in [1.29, 1.82) is 0 Å². The molecule has 7 nitrogen and oxygen atoms in total. The highest BCUT2D eigenvalue weighted by Crippen LogP contribution is 2.24. The summed E-state index contributed by atoms with van der Waals surface area (Å²) in [5.74, 6) is -0.598. The van der Waals surface area contributed by atoms with Crippen molar-refractivity contribution in [1.82, 2.24) is 5.32 Å². The number of unbranched alkanes of at least 4 members (excludes halogenated alkanes) is 3. The third-order valence-electron chi connectivity index (χ3n) is 4.65. The number of carbonyl (C=O) groups excluding carboxylic acids is 1. The second-order valence-corrected chi connectivity index (χ2v) is 7.11. The maximum Gasteiger partial charge on any atom is 0.336 e. The minimum Gasteiger partial charge on any atom is -0.481 e. The number of carboxylic acid groups (broad SMARTS) is 1. The Morgan fingerprint density at radius 1 is 1.17 bits per heavy atom. The maximum absolute atomic E-state index is 12.2. The first kappa shape index (κ1) is 22.5. The fourth-order valence-corrected chi connectivity index (χ4v) is 3.05. The molecule has 0 aliphatic heterocycles. The Bertz CT molecular complexity index is 888. The van der Waals surface area contributed by atoms with Crippen LogP contribution in [-0.4, -0.2) is 29.6 Å². The van der Waals surface area contributed by atoms with Crippen LogP contribution >= 0.6 is 0 Å². The standard InChI is InChI=1S/C22H29NO6/c1-3-4-8-16-13-21(26)29-19-14-17(10-11-18(16)19)28-15(2)22(27)23-12-7-5-6-9-20(24)25/h10-11,13-15H,3-9,12H2,1-2H3,(H,23,27)(H,24,25). The van der Waals surface area contributed by atoms with Crippen molar-refractivity contribution in [3.8, 4) is 5.75 Å². The van der Waals surface area contributed by atoms with Crippen LogP contribution in [0.5, 0.6) is 5.75 Å². The molecule has 1 aromatic carbocycles. The van der Waals surface area contributed by atoms with Crippen LogP contribution in [0, 0.1) is 0 Å². The van der Waals surface area contributed by atoms with E-state index in [0.717, 1.165) is 36.6 Å². The highest BCUT2D eigenvalue weighted by atomic mass is 16.5. The molecule has 1 unspecified atom stereocenters. The van der Waals surface area contributed by atoms with Crippen LogP contribution < -0.4 is 15.7 Å². The minimum atomic E-state index is -0.806. The molecule has 0 saturated heterocycles. The first-order valence-electron chi connectivity index (χ1n) is 10.1. The molecule has 1 amide bonds. The van der Waals surface area contributed by atoms with E-state index in [-0.39, 0.29) is 12.3 Å². The van der Waals surface area contributed by atoms with Crippen LogP contribution in [0.2, 0.25) is 0 Å². The topological polar surface area (TPSA) is 106 Å². The first-order chi connectivity index (χ1) is 13.9.